The van der Waals surface area contributed by atoms with E-state index >= 15 is 0 Å². The molecule has 0 spiro atoms. The highest BCUT2D eigenvalue weighted by Crippen LogP contribution is 2.28. The number of nitrogens with one attached hydrogen (secondary N) is 1. The highest BCUT2D eigenvalue weighted by molar-refractivity contribution is 5.86. The van der Waals surface area contributed by atoms with Crippen LogP contribution >= 0.6 is 0 Å². The van der Waals surface area contributed by atoms with Gasteiger partial charge in [0.05, 0.1) is 0 Å². The van der Waals surface area contributed by atoms with E-state index in [1.165, 1.54) is 0 Å². The maximum Gasteiger partial charge on any atom is 0.116 e. The van der Waals surface area contributed by atoms with Crippen LogP contribution in [0.4, 0.5) is 0 Å². The normalized spacial score (nSPS) is 13.4. The summed E-state index contributed by atoms with van der Waals surface area (Å²) in [6, 6.07) is 5.26. The molecule has 0 saturated heterocycles. The lowest BCUT2D eigenvalue weighted by Gasteiger charge is -2.04. The fraction of sp³-hybridized carbons (Fsp3) is 0.273. The van der Waals surface area contributed by atoms with Gasteiger partial charge in [0.15, 0.2) is 0 Å². The Morgan fingerprint density at radius 2 is 2.14 bits per heavy atom. The molecule has 74 valence electrons. The molecule has 0 aliphatic rings. The summed E-state index contributed by atoms with van der Waals surface area (Å²) in [6.45, 7) is 3.94. The average molecular weight is 190 g/mol. The van der Waals surface area contributed by atoms with E-state index in [-0.39, 0.29) is 11.8 Å². The zero-order valence-electron chi connectivity index (χ0n) is 8.33. The van der Waals surface area contributed by atoms with Gasteiger partial charge >= 0.3 is 0 Å². The Balaban J connectivity index is 2.79. The van der Waals surface area contributed by atoms with Gasteiger partial charge < -0.3 is 15.8 Å². The number of phenols is 1. The number of aromatic hydroxyl groups is 1. The SMILES string of the molecule is Cc1[nH]c2ccc(O)cc2c1[C@H](C)N. The summed E-state index contributed by atoms with van der Waals surface area (Å²) in [5, 5.41) is 10.4. The minimum Gasteiger partial charge on any atom is -0.508 e. The third-order valence-electron chi connectivity index (χ3n) is 2.47. The van der Waals surface area contributed by atoms with Gasteiger partial charge in [-0.1, -0.05) is 0 Å². The van der Waals surface area contributed by atoms with E-state index in [1.807, 2.05) is 19.9 Å². The van der Waals surface area contributed by atoms with Crippen LogP contribution in [0.5, 0.6) is 5.75 Å². The molecule has 3 heteroatoms. The summed E-state index contributed by atoms with van der Waals surface area (Å²) < 4.78 is 0. The van der Waals surface area contributed by atoms with Crippen LogP contribution in [0.1, 0.15) is 24.2 Å². The predicted octanol–water partition coefficient (Wildman–Crippen LogP) is 2.20. The van der Waals surface area contributed by atoms with E-state index in [1.54, 1.807) is 12.1 Å². The highest BCUT2D eigenvalue weighted by atomic mass is 16.3. The molecule has 0 aliphatic carbocycles. The summed E-state index contributed by atoms with van der Waals surface area (Å²) in [6.07, 6.45) is 0. The number of aryl methyl sites for hydroxylation is 1. The van der Waals surface area contributed by atoms with Crippen LogP contribution in [0.25, 0.3) is 10.9 Å². The van der Waals surface area contributed by atoms with Gasteiger partial charge in [-0.3, -0.25) is 0 Å². The molecule has 1 aromatic heterocycles. The monoisotopic (exact) mass is 190 g/mol. The first-order chi connectivity index (χ1) is 6.59. The van der Waals surface area contributed by atoms with Gasteiger partial charge in [-0.05, 0) is 37.6 Å². The molecule has 14 heavy (non-hydrogen) atoms. The van der Waals surface area contributed by atoms with Crippen LogP contribution in [0.2, 0.25) is 0 Å². The molecule has 0 radical (unpaired) electrons. The van der Waals surface area contributed by atoms with E-state index in [2.05, 4.69) is 4.98 Å². The Morgan fingerprint density at radius 1 is 1.43 bits per heavy atom. The summed E-state index contributed by atoms with van der Waals surface area (Å²) >= 11 is 0. The number of benzene rings is 1. The van der Waals surface area contributed by atoms with Crippen LogP contribution in [0.3, 0.4) is 0 Å². The topological polar surface area (TPSA) is 62.0 Å². The van der Waals surface area contributed by atoms with Gasteiger partial charge in [0.1, 0.15) is 5.75 Å². The lowest BCUT2D eigenvalue weighted by Crippen LogP contribution is -2.05. The molecule has 0 fully saturated rings. The molecule has 0 aliphatic heterocycles. The Labute approximate surface area is 82.6 Å². The van der Waals surface area contributed by atoms with Gasteiger partial charge in [-0.25, -0.2) is 0 Å². The van der Waals surface area contributed by atoms with Gasteiger partial charge in [0.2, 0.25) is 0 Å². The van der Waals surface area contributed by atoms with E-state index in [0.29, 0.717) is 0 Å². The molecule has 1 heterocycles. The molecule has 0 amide bonds. The van der Waals surface area contributed by atoms with Crippen molar-refractivity contribution in [3.63, 3.8) is 0 Å². The molecule has 2 rings (SSSR count). The molecule has 0 unspecified atom stereocenters. The van der Waals surface area contributed by atoms with E-state index in [0.717, 1.165) is 22.2 Å². The van der Waals surface area contributed by atoms with Gasteiger partial charge in [-0.2, -0.15) is 0 Å². The first-order valence-corrected chi connectivity index (χ1v) is 4.66. The number of H-pyrrole nitrogens is 1. The molecule has 0 saturated carbocycles. The Morgan fingerprint density at radius 3 is 2.79 bits per heavy atom. The van der Waals surface area contributed by atoms with E-state index in [9.17, 15) is 5.11 Å². The van der Waals surface area contributed by atoms with Crippen molar-refractivity contribution in [2.24, 2.45) is 5.73 Å². The van der Waals surface area contributed by atoms with Gasteiger partial charge in [0, 0.05) is 22.6 Å². The van der Waals surface area contributed by atoms with Crippen LogP contribution in [-0.2, 0) is 0 Å². The maximum atomic E-state index is 9.39. The zero-order valence-corrected chi connectivity index (χ0v) is 8.33. The second kappa shape index (κ2) is 3.03. The number of phenolic OH excluding ortho intramolecular Hbond substituents is 1. The smallest absolute Gasteiger partial charge is 0.116 e. The van der Waals surface area contributed by atoms with E-state index < -0.39 is 0 Å². The molecule has 2 aromatic rings. The number of nitrogens with two attached hydrogens (primary N) is 1. The Kier molecular flexibility index (Phi) is 1.97. The number of fused-ring (bicyclic) bond motifs is 1. The van der Waals surface area contributed by atoms with Crippen molar-refractivity contribution in [1.82, 2.24) is 4.98 Å². The average Bonchev–Trinajstić information content (AvgIpc) is 2.40. The van der Waals surface area contributed by atoms with Crippen molar-refractivity contribution in [3.05, 3.63) is 29.5 Å². The molecule has 3 nitrogen and oxygen atoms in total. The molecule has 1 aromatic carbocycles. The first-order valence-electron chi connectivity index (χ1n) is 4.66. The van der Waals surface area contributed by atoms with Gasteiger partial charge in [-0.15, -0.1) is 0 Å². The third kappa shape index (κ3) is 1.26. The number of hydrogen-bond acceptors (Lipinski definition) is 2. The molecular weight excluding hydrogens is 176 g/mol. The van der Waals surface area contributed by atoms with Crippen molar-refractivity contribution in [1.29, 1.82) is 0 Å². The second-order valence-electron chi connectivity index (χ2n) is 3.68. The Bertz CT molecular complexity index is 471. The quantitative estimate of drug-likeness (QED) is 0.645. The van der Waals surface area contributed by atoms with Crippen molar-refractivity contribution in [3.8, 4) is 5.75 Å². The summed E-state index contributed by atoms with van der Waals surface area (Å²) in [5.41, 5.74) is 9.04. The highest BCUT2D eigenvalue weighted by Gasteiger charge is 2.11. The lowest BCUT2D eigenvalue weighted by molar-refractivity contribution is 0.476. The minimum atomic E-state index is -0.0226. The molecule has 0 bridgehead atoms. The summed E-state index contributed by atoms with van der Waals surface area (Å²) in [5.74, 6) is 0.276. The maximum absolute atomic E-state index is 9.39. The standard InChI is InChI=1S/C11H14N2O/c1-6(12)11-7(2)13-10-4-3-8(14)5-9(10)11/h3-6,13-14H,12H2,1-2H3/t6-/m0/s1. The summed E-state index contributed by atoms with van der Waals surface area (Å²) in [7, 11) is 0. The Hall–Kier alpha value is -1.48. The third-order valence-corrected chi connectivity index (χ3v) is 2.47. The zero-order chi connectivity index (χ0) is 10.3. The molecule has 4 N–H and O–H groups in total. The number of aromatic nitrogens is 1. The second-order valence-corrected chi connectivity index (χ2v) is 3.68. The lowest BCUT2D eigenvalue weighted by atomic mass is 10.1. The van der Waals surface area contributed by atoms with Gasteiger partial charge in [0.25, 0.3) is 0 Å². The van der Waals surface area contributed by atoms with Crippen molar-refractivity contribution >= 4 is 10.9 Å². The van der Waals surface area contributed by atoms with E-state index in [4.69, 9.17) is 5.73 Å². The fourth-order valence-electron chi connectivity index (χ4n) is 1.92. The fourth-order valence-corrected chi connectivity index (χ4v) is 1.92. The van der Waals surface area contributed by atoms with Crippen LogP contribution in [-0.4, -0.2) is 10.1 Å². The number of rotatable bonds is 1. The predicted molar refractivity (Wildman–Crippen MR) is 57.3 cm³/mol. The first kappa shape index (κ1) is 9.09. The van der Waals surface area contributed by atoms with Crippen LogP contribution < -0.4 is 5.73 Å². The minimum absolute atomic E-state index is 0.0226. The molecular formula is C11H14N2O. The number of hydrogen-bond donors (Lipinski definition) is 3. The largest absolute Gasteiger partial charge is 0.508 e. The van der Waals surface area contributed by atoms with Crippen LogP contribution in [0.15, 0.2) is 18.2 Å². The summed E-state index contributed by atoms with van der Waals surface area (Å²) in [4.78, 5) is 3.24. The van der Waals surface area contributed by atoms with Crippen molar-refractivity contribution < 1.29 is 5.11 Å². The van der Waals surface area contributed by atoms with Crippen molar-refractivity contribution in [2.45, 2.75) is 19.9 Å². The number of aromatic amines is 1. The van der Waals surface area contributed by atoms with Crippen molar-refractivity contribution in [2.75, 3.05) is 0 Å². The molecule has 1 atom stereocenters. The van der Waals surface area contributed by atoms with Crippen LogP contribution in [0, 0.1) is 6.92 Å².